The number of nitrogens with zero attached hydrogens (tertiary/aromatic N) is 2. The summed E-state index contributed by atoms with van der Waals surface area (Å²) in [7, 11) is 3.48. The molecule has 0 bridgehead atoms. The number of amides is 2. The highest BCUT2D eigenvalue weighted by molar-refractivity contribution is 6.02. The quantitative estimate of drug-likeness (QED) is 0.824. The van der Waals surface area contributed by atoms with E-state index < -0.39 is 0 Å². The van der Waals surface area contributed by atoms with Crippen molar-refractivity contribution in [1.29, 1.82) is 0 Å². The number of hydrogen-bond donors (Lipinski definition) is 1. The minimum Gasteiger partial charge on any atom is -0.345 e. The smallest absolute Gasteiger partial charge is 0.300 e. The Labute approximate surface area is 154 Å². The Morgan fingerprint density at radius 2 is 2.08 bits per heavy atom. The average Bonchev–Trinajstić information content (AvgIpc) is 3.10. The number of nitrogens with one attached hydrogen (secondary N) is 1. The van der Waals surface area contributed by atoms with E-state index in [1.54, 1.807) is 23.9 Å². The summed E-state index contributed by atoms with van der Waals surface area (Å²) >= 11 is 0. The van der Waals surface area contributed by atoms with Gasteiger partial charge in [0.25, 0.3) is 17.9 Å². The fourth-order valence-electron chi connectivity index (χ4n) is 3.07. The monoisotopic (exact) mass is 350 g/mol. The molecular formula is C21H24N3O2+. The van der Waals surface area contributed by atoms with E-state index in [1.165, 1.54) is 5.57 Å². The lowest BCUT2D eigenvalue weighted by atomic mass is 9.90. The van der Waals surface area contributed by atoms with Gasteiger partial charge in [-0.05, 0) is 31.5 Å². The maximum Gasteiger partial charge on any atom is 0.300 e. The predicted molar refractivity (Wildman–Crippen MR) is 102 cm³/mol. The molecule has 0 spiro atoms. The van der Waals surface area contributed by atoms with Gasteiger partial charge in [-0.1, -0.05) is 23.8 Å². The Hall–Kier alpha value is -2.95. The minimum atomic E-state index is -0.367. The van der Waals surface area contributed by atoms with Crippen molar-refractivity contribution in [2.45, 2.75) is 19.9 Å². The van der Waals surface area contributed by atoms with E-state index in [-0.39, 0.29) is 17.9 Å². The first-order valence-electron chi connectivity index (χ1n) is 8.66. The van der Waals surface area contributed by atoms with Crippen molar-refractivity contribution < 1.29 is 14.6 Å². The van der Waals surface area contributed by atoms with Crippen LogP contribution in [0.4, 0.5) is 0 Å². The van der Waals surface area contributed by atoms with Crippen molar-refractivity contribution in [3.63, 3.8) is 0 Å². The van der Waals surface area contributed by atoms with E-state index in [2.05, 4.69) is 4.99 Å². The molecular weight excluding hydrogens is 326 g/mol. The first-order valence-corrected chi connectivity index (χ1v) is 8.66. The van der Waals surface area contributed by atoms with E-state index in [1.807, 2.05) is 62.7 Å². The number of rotatable bonds is 4. The third-order valence-electron chi connectivity index (χ3n) is 4.49. The molecule has 1 atom stereocenters. The van der Waals surface area contributed by atoms with Crippen LogP contribution in [-0.2, 0) is 4.79 Å². The lowest BCUT2D eigenvalue weighted by Gasteiger charge is -2.27. The summed E-state index contributed by atoms with van der Waals surface area (Å²) in [4.78, 5) is 31.5. The van der Waals surface area contributed by atoms with Gasteiger partial charge in [-0.2, -0.15) is 0 Å². The summed E-state index contributed by atoms with van der Waals surface area (Å²) in [5.41, 5.74) is 4.64. The van der Waals surface area contributed by atoms with Gasteiger partial charge in [-0.15, -0.1) is 0 Å². The molecule has 1 aromatic rings. The number of hydrogen-bond acceptors (Lipinski definition) is 2. The molecule has 1 unspecified atom stereocenters. The number of benzene rings is 1. The Morgan fingerprint density at radius 1 is 1.31 bits per heavy atom. The Bertz CT molecular complexity index is 871. The molecule has 0 radical (unpaired) electrons. The van der Waals surface area contributed by atoms with Crippen molar-refractivity contribution in [2.24, 2.45) is 0 Å². The van der Waals surface area contributed by atoms with Gasteiger partial charge < -0.3 is 9.80 Å². The van der Waals surface area contributed by atoms with Gasteiger partial charge in [0.05, 0.1) is 0 Å². The second-order valence-corrected chi connectivity index (χ2v) is 6.98. The summed E-state index contributed by atoms with van der Waals surface area (Å²) < 4.78 is 0. The zero-order valence-electron chi connectivity index (χ0n) is 15.6. The van der Waals surface area contributed by atoms with E-state index in [0.29, 0.717) is 12.1 Å². The van der Waals surface area contributed by atoms with Crippen molar-refractivity contribution in [1.82, 2.24) is 9.80 Å². The lowest BCUT2D eigenvalue weighted by molar-refractivity contribution is -0.467. The van der Waals surface area contributed by atoms with Crippen LogP contribution in [0.25, 0.3) is 5.57 Å². The first kappa shape index (κ1) is 17.9. The van der Waals surface area contributed by atoms with Gasteiger partial charge in [0.15, 0.2) is 6.21 Å². The molecule has 134 valence electrons. The third kappa shape index (κ3) is 3.38. The molecule has 2 aliphatic heterocycles. The second-order valence-electron chi connectivity index (χ2n) is 6.98. The average molecular weight is 350 g/mol. The molecule has 0 aliphatic carbocycles. The molecule has 2 aliphatic rings. The first-order chi connectivity index (χ1) is 12.4. The molecule has 0 saturated heterocycles. The predicted octanol–water partition coefficient (Wildman–Crippen LogP) is 0.998. The number of fused-ring (bicyclic) bond motifs is 1. The van der Waals surface area contributed by atoms with Crippen molar-refractivity contribution >= 4 is 23.6 Å². The molecule has 0 aromatic heterocycles. The van der Waals surface area contributed by atoms with Crippen LogP contribution in [0.2, 0.25) is 0 Å². The molecule has 26 heavy (non-hydrogen) atoms. The summed E-state index contributed by atoms with van der Waals surface area (Å²) in [5, 5.41) is 0. The van der Waals surface area contributed by atoms with Gasteiger partial charge >= 0.3 is 0 Å². The lowest BCUT2D eigenvalue weighted by Crippen LogP contribution is -2.79. The standard InChI is InChI=1S/C21H23N3O2/c1-14(2)9-11-24-13-18(17-8-10-22-19(17)21(24)26)15-6-5-7-16(12-15)20(25)23(3)4/h5-10,12-13,19H,11H2,1-4H3/p+1. The molecule has 5 heteroatoms. The van der Waals surface area contributed by atoms with Crippen molar-refractivity contribution in [3.8, 4) is 0 Å². The van der Waals surface area contributed by atoms with Gasteiger partial charge in [-0.3, -0.25) is 9.59 Å². The van der Waals surface area contributed by atoms with Crippen LogP contribution in [-0.4, -0.2) is 54.5 Å². The summed E-state index contributed by atoms with van der Waals surface area (Å²) in [5.74, 6) is -0.00542. The number of allylic oxidation sites excluding steroid dienone is 2. The Balaban J connectivity index is 2.03. The molecule has 2 heterocycles. The van der Waals surface area contributed by atoms with Gasteiger partial charge in [-0.25, -0.2) is 4.99 Å². The van der Waals surface area contributed by atoms with Crippen LogP contribution in [0, 0.1) is 0 Å². The Kier molecular flexibility index (Phi) is 4.89. The van der Waals surface area contributed by atoms with E-state index in [4.69, 9.17) is 0 Å². The van der Waals surface area contributed by atoms with Crippen molar-refractivity contribution in [2.75, 3.05) is 20.6 Å². The highest BCUT2D eigenvalue weighted by Gasteiger charge is 2.39. The molecule has 0 fully saturated rings. The summed E-state index contributed by atoms with van der Waals surface area (Å²) in [6.45, 7) is 4.57. The van der Waals surface area contributed by atoms with Crippen LogP contribution in [0.1, 0.15) is 29.8 Å². The van der Waals surface area contributed by atoms with Gasteiger partial charge in [0, 0.05) is 49.6 Å². The van der Waals surface area contributed by atoms with Gasteiger partial charge in [0.1, 0.15) is 0 Å². The topological polar surface area (TPSA) is 54.6 Å². The zero-order chi connectivity index (χ0) is 18.8. The second kappa shape index (κ2) is 7.12. The number of carbonyl (C=O) groups is 2. The third-order valence-corrected chi connectivity index (χ3v) is 4.49. The Morgan fingerprint density at radius 3 is 2.77 bits per heavy atom. The highest BCUT2D eigenvalue weighted by Crippen LogP contribution is 2.31. The molecule has 1 aromatic carbocycles. The fourth-order valence-corrected chi connectivity index (χ4v) is 3.07. The van der Waals surface area contributed by atoms with E-state index >= 15 is 0 Å². The summed E-state index contributed by atoms with van der Waals surface area (Å²) in [6, 6.07) is 7.19. The highest BCUT2D eigenvalue weighted by atomic mass is 16.2. The molecule has 5 nitrogen and oxygen atoms in total. The molecule has 1 N–H and O–H groups in total. The van der Waals surface area contributed by atoms with E-state index in [0.717, 1.165) is 16.7 Å². The van der Waals surface area contributed by atoms with Crippen molar-refractivity contribution in [3.05, 3.63) is 64.9 Å². The van der Waals surface area contributed by atoms with Crippen LogP contribution in [0.15, 0.2) is 53.8 Å². The SMILES string of the molecule is CC(C)=CCN1C=C(c2cccc(C(=O)N(C)C)c2)C2=CC=[NH+]C2C1=O. The van der Waals surface area contributed by atoms with Crippen LogP contribution < -0.4 is 4.99 Å². The maximum atomic E-state index is 12.7. The largest absolute Gasteiger partial charge is 0.345 e. The number of carbonyl (C=O) groups excluding carboxylic acids is 2. The van der Waals surface area contributed by atoms with Crippen LogP contribution in [0.5, 0.6) is 0 Å². The molecule has 3 rings (SSSR count). The minimum absolute atomic E-state index is 0.0340. The summed E-state index contributed by atoms with van der Waals surface area (Å²) in [6.07, 6.45) is 7.67. The van der Waals surface area contributed by atoms with Crippen LogP contribution >= 0.6 is 0 Å². The molecule has 2 amide bonds. The fraction of sp³-hybridized carbons (Fsp3) is 0.286. The van der Waals surface area contributed by atoms with E-state index in [9.17, 15) is 9.59 Å². The zero-order valence-corrected chi connectivity index (χ0v) is 15.6. The molecule has 0 saturated carbocycles. The maximum absolute atomic E-state index is 12.7. The van der Waals surface area contributed by atoms with Gasteiger partial charge in [0.2, 0.25) is 0 Å². The normalized spacial score (nSPS) is 18.2. The van der Waals surface area contributed by atoms with Crippen LogP contribution in [0.3, 0.4) is 0 Å².